The van der Waals surface area contributed by atoms with Crippen molar-refractivity contribution in [3.05, 3.63) is 22.3 Å². The molecule has 1 aromatic heterocycles. The summed E-state index contributed by atoms with van der Waals surface area (Å²) in [6.07, 6.45) is 0.313. The SMILES string of the molecule is COC(=O)c1cc(NS(=O)(=O)CCCCl)nc(C)c1Cl. The number of hydrogen-bond donors (Lipinski definition) is 1. The number of sulfonamides is 1. The molecule has 0 aliphatic heterocycles. The van der Waals surface area contributed by atoms with Gasteiger partial charge in [-0.2, -0.15) is 0 Å². The van der Waals surface area contributed by atoms with E-state index in [1.807, 2.05) is 0 Å². The van der Waals surface area contributed by atoms with Crippen LogP contribution in [0.1, 0.15) is 22.5 Å². The lowest BCUT2D eigenvalue weighted by atomic mass is 10.2. The zero-order valence-electron chi connectivity index (χ0n) is 10.9. The molecule has 1 N–H and O–H groups in total. The van der Waals surface area contributed by atoms with Crippen molar-refractivity contribution in [2.75, 3.05) is 23.5 Å². The Morgan fingerprint density at radius 1 is 1.50 bits per heavy atom. The summed E-state index contributed by atoms with van der Waals surface area (Å²) in [6.45, 7) is 1.56. The quantitative estimate of drug-likeness (QED) is 0.633. The molecule has 20 heavy (non-hydrogen) atoms. The number of anilines is 1. The fourth-order valence-electron chi connectivity index (χ4n) is 1.42. The van der Waals surface area contributed by atoms with Crippen LogP contribution in [-0.2, 0) is 14.8 Å². The number of aryl methyl sites for hydroxylation is 1. The zero-order valence-corrected chi connectivity index (χ0v) is 13.3. The highest BCUT2D eigenvalue weighted by Crippen LogP contribution is 2.23. The molecule has 0 radical (unpaired) electrons. The van der Waals surface area contributed by atoms with Gasteiger partial charge in [-0.3, -0.25) is 4.72 Å². The van der Waals surface area contributed by atoms with Gasteiger partial charge in [0.2, 0.25) is 10.0 Å². The largest absolute Gasteiger partial charge is 0.465 e. The monoisotopic (exact) mass is 340 g/mol. The number of methoxy groups -OCH3 is 1. The van der Waals surface area contributed by atoms with Gasteiger partial charge in [-0.15, -0.1) is 11.6 Å². The van der Waals surface area contributed by atoms with Crippen molar-refractivity contribution in [2.45, 2.75) is 13.3 Å². The number of carbonyl (C=O) groups is 1. The molecule has 0 spiro atoms. The Bertz CT molecular complexity index is 605. The van der Waals surface area contributed by atoms with E-state index in [0.29, 0.717) is 12.1 Å². The maximum absolute atomic E-state index is 11.7. The van der Waals surface area contributed by atoms with E-state index in [0.717, 1.165) is 0 Å². The molecule has 1 rings (SSSR count). The van der Waals surface area contributed by atoms with E-state index in [-0.39, 0.29) is 28.0 Å². The number of carbonyl (C=O) groups excluding carboxylic acids is 1. The summed E-state index contributed by atoms with van der Waals surface area (Å²) in [4.78, 5) is 15.5. The lowest BCUT2D eigenvalue weighted by Crippen LogP contribution is -2.18. The molecule has 0 saturated heterocycles. The number of hydrogen-bond acceptors (Lipinski definition) is 5. The van der Waals surface area contributed by atoms with E-state index in [1.165, 1.54) is 13.2 Å². The Morgan fingerprint density at radius 3 is 2.70 bits per heavy atom. The van der Waals surface area contributed by atoms with E-state index in [1.54, 1.807) is 6.92 Å². The van der Waals surface area contributed by atoms with Crippen LogP contribution >= 0.6 is 23.2 Å². The number of rotatable bonds is 6. The molecule has 112 valence electrons. The van der Waals surface area contributed by atoms with Crippen LogP contribution in [0.3, 0.4) is 0 Å². The van der Waals surface area contributed by atoms with Crippen LogP contribution in [0.2, 0.25) is 5.02 Å². The minimum atomic E-state index is -3.57. The molecule has 0 aromatic carbocycles. The summed E-state index contributed by atoms with van der Waals surface area (Å²) < 4.78 is 30.3. The molecule has 1 aromatic rings. The Kier molecular flexibility index (Phi) is 6.04. The maximum Gasteiger partial charge on any atom is 0.339 e. The van der Waals surface area contributed by atoms with Crippen molar-refractivity contribution in [3.8, 4) is 0 Å². The van der Waals surface area contributed by atoms with Crippen LogP contribution in [0.5, 0.6) is 0 Å². The second-order valence-corrected chi connectivity index (χ2v) is 6.51. The maximum atomic E-state index is 11.7. The van der Waals surface area contributed by atoms with Crippen molar-refractivity contribution >= 4 is 45.0 Å². The van der Waals surface area contributed by atoms with Gasteiger partial charge >= 0.3 is 5.97 Å². The van der Waals surface area contributed by atoms with Crippen LogP contribution in [-0.4, -0.2) is 38.1 Å². The van der Waals surface area contributed by atoms with Gasteiger partial charge in [0.25, 0.3) is 0 Å². The van der Waals surface area contributed by atoms with Crippen LogP contribution < -0.4 is 4.72 Å². The third-order valence-corrected chi connectivity index (χ3v) is 4.43. The number of ether oxygens (including phenoxy) is 1. The fraction of sp³-hybridized carbons (Fsp3) is 0.455. The highest BCUT2D eigenvalue weighted by molar-refractivity contribution is 7.92. The highest BCUT2D eigenvalue weighted by atomic mass is 35.5. The number of halogens is 2. The first-order valence-electron chi connectivity index (χ1n) is 5.62. The van der Waals surface area contributed by atoms with Crippen molar-refractivity contribution < 1.29 is 17.9 Å². The average Bonchev–Trinajstić information content (AvgIpc) is 2.39. The van der Waals surface area contributed by atoms with Crippen molar-refractivity contribution in [3.63, 3.8) is 0 Å². The van der Waals surface area contributed by atoms with E-state index < -0.39 is 16.0 Å². The summed E-state index contributed by atoms with van der Waals surface area (Å²) in [5.41, 5.74) is 0.376. The number of alkyl halides is 1. The van der Waals surface area contributed by atoms with Gasteiger partial charge in [0.15, 0.2) is 0 Å². The molecule has 0 aliphatic rings. The van der Waals surface area contributed by atoms with Gasteiger partial charge in [-0.25, -0.2) is 18.2 Å². The van der Waals surface area contributed by atoms with Crippen LogP contribution in [0.4, 0.5) is 5.82 Å². The third-order valence-electron chi connectivity index (χ3n) is 2.34. The fourth-order valence-corrected chi connectivity index (χ4v) is 2.94. The number of aromatic nitrogens is 1. The first-order valence-corrected chi connectivity index (χ1v) is 8.19. The molecule has 0 unspecified atom stereocenters. The summed E-state index contributed by atoms with van der Waals surface area (Å²) in [6, 6.07) is 1.24. The van der Waals surface area contributed by atoms with E-state index in [9.17, 15) is 13.2 Å². The van der Waals surface area contributed by atoms with E-state index in [2.05, 4.69) is 14.4 Å². The second-order valence-electron chi connectivity index (χ2n) is 3.91. The average molecular weight is 341 g/mol. The molecule has 0 amide bonds. The van der Waals surface area contributed by atoms with Crippen molar-refractivity contribution in [2.24, 2.45) is 0 Å². The lowest BCUT2D eigenvalue weighted by Gasteiger charge is -2.10. The number of esters is 1. The predicted octanol–water partition coefficient (Wildman–Crippen LogP) is 2.20. The molecule has 0 atom stereocenters. The highest BCUT2D eigenvalue weighted by Gasteiger charge is 2.18. The van der Waals surface area contributed by atoms with Crippen molar-refractivity contribution in [1.82, 2.24) is 4.98 Å². The third kappa shape index (κ3) is 4.50. The molecule has 0 fully saturated rings. The minimum absolute atomic E-state index is 0.0156. The number of nitrogens with zero attached hydrogens (tertiary/aromatic N) is 1. The van der Waals surface area contributed by atoms with Crippen molar-refractivity contribution in [1.29, 1.82) is 0 Å². The molecule has 9 heteroatoms. The van der Waals surface area contributed by atoms with E-state index >= 15 is 0 Å². The van der Waals surface area contributed by atoms with Crippen LogP contribution in [0, 0.1) is 6.92 Å². The van der Waals surface area contributed by atoms with Gasteiger partial charge < -0.3 is 4.74 Å². The molecule has 1 heterocycles. The molecule has 6 nitrogen and oxygen atoms in total. The first-order chi connectivity index (χ1) is 9.30. The van der Waals surface area contributed by atoms with Gasteiger partial charge in [0, 0.05) is 5.88 Å². The topological polar surface area (TPSA) is 85.4 Å². The van der Waals surface area contributed by atoms with Gasteiger partial charge in [-0.05, 0) is 19.4 Å². The summed E-state index contributed by atoms with van der Waals surface area (Å²) in [5.74, 6) is -0.544. The van der Waals surface area contributed by atoms with E-state index in [4.69, 9.17) is 23.2 Å². The number of nitrogens with one attached hydrogen (secondary N) is 1. The summed E-state index contributed by atoms with van der Waals surface area (Å²) in [7, 11) is -2.36. The number of pyridine rings is 1. The predicted molar refractivity (Wildman–Crippen MR) is 78.1 cm³/mol. The Balaban J connectivity index is 3.09. The molecule has 0 bridgehead atoms. The molecule has 0 saturated carbocycles. The van der Waals surface area contributed by atoms with Gasteiger partial charge in [-0.1, -0.05) is 11.6 Å². The van der Waals surface area contributed by atoms with Gasteiger partial charge in [0.05, 0.1) is 29.1 Å². The minimum Gasteiger partial charge on any atom is -0.465 e. The van der Waals surface area contributed by atoms with Crippen LogP contribution in [0.25, 0.3) is 0 Å². The second kappa shape index (κ2) is 7.10. The first kappa shape index (κ1) is 17.0. The zero-order chi connectivity index (χ0) is 15.3. The Morgan fingerprint density at radius 2 is 2.15 bits per heavy atom. The lowest BCUT2D eigenvalue weighted by molar-refractivity contribution is 0.0600. The van der Waals surface area contributed by atoms with Gasteiger partial charge in [0.1, 0.15) is 5.82 Å². The molecular formula is C11H14Cl2N2O4S. The standard InChI is InChI=1S/C11H14Cl2N2O4S/c1-7-10(13)8(11(16)19-2)6-9(14-7)15-20(17,18)5-3-4-12/h6H,3-5H2,1-2H3,(H,14,15). The summed E-state index contributed by atoms with van der Waals surface area (Å²) in [5, 5.41) is 0.126. The smallest absolute Gasteiger partial charge is 0.339 e. The normalized spacial score (nSPS) is 11.2. The van der Waals surface area contributed by atoms with Crippen LogP contribution in [0.15, 0.2) is 6.07 Å². The molecular weight excluding hydrogens is 327 g/mol. The molecule has 0 aliphatic carbocycles. The Labute approximate surface area is 127 Å². The Hall–Kier alpha value is -1.05. The summed E-state index contributed by atoms with van der Waals surface area (Å²) >= 11 is 11.4.